The van der Waals surface area contributed by atoms with E-state index >= 15 is 0 Å². The van der Waals surface area contributed by atoms with E-state index in [0.717, 1.165) is 10.6 Å². The Morgan fingerprint density at radius 1 is 1.44 bits per heavy atom. The van der Waals surface area contributed by atoms with Gasteiger partial charge in [0.15, 0.2) is 0 Å². The van der Waals surface area contributed by atoms with Crippen molar-refractivity contribution >= 4 is 17.5 Å². The first-order valence-electron chi connectivity index (χ1n) is 5.80. The zero-order valence-corrected chi connectivity index (χ0v) is 11.8. The Balaban J connectivity index is 2.65. The Morgan fingerprint density at radius 3 is 2.61 bits per heavy atom. The van der Waals surface area contributed by atoms with Gasteiger partial charge in [-0.3, -0.25) is 10.2 Å². The van der Waals surface area contributed by atoms with Crippen LogP contribution in [0.15, 0.2) is 24.3 Å². The van der Waals surface area contributed by atoms with Crippen molar-refractivity contribution in [2.45, 2.75) is 20.4 Å². The van der Waals surface area contributed by atoms with E-state index in [2.05, 4.69) is 10.3 Å². The van der Waals surface area contributed by atoms with Gasteiger partial charge in [-0.1, -0.05) is 29.8 Å². The first kappa shape index (κ1) is 15.0. The molecule has 3 N–H and O–H groups in total. The first-order valence-corrected chi connectivity index (χ1v) is 6.17. The first-order chi connectivity index (χ1) is 8.36. The standard InChI is InChI=1S/C13H20ClN3O/c1-13(2,12(18)16-15)9-17(3)8-10-6-4-5-7-11(10)14/h4-7H,8-9,15H2,1-3H3,(H,16,18). The Kier molecular flexibility index (Phi) is 5.14. The summed E-state index contributed by atoms with van der Waals surface area (Å²) >= 11 is 6.10. The van der Waals surface area contributed by atoms with E-state index in [1.807, 2.05) is 45.2 Å². The summed E-state index contributed by atoms with van der Waals surface area (Å²) in [6, 6.07) is 7.70. The number of hydrazine groups is 1. The van der Waals surface area contributed by atoms with Crippen LogP contribution in [0.5, 0.6) is 0 Å². The molecule has 1 rings (SSSR count). The van der Waals surface area contributed by atoms with Crippen molar-refractivity contribution in [1.29, 1.82) is 0 Å². The second-order valence-electron chi connectivity index (χ2n) is 5.12. The third-order valence-electron chi connectivity index (χ3n) is 2.81. The van der Waals surface area contributed by atoms with Crippen LogP contribution in [0.2, 0.25) is 5.02 Å². The summed E-state index contributed by atoms with van der Waals surface area (Å²) in [5.41, 5.74) is 2.70. The van der Waals surface area contributed by atoms with Gasteiger partial charge in [0.25, 0.3) is 0 Å². The average Bonchev–Trinajstić information content (AvgIpc) is 2.30. The monoisotopic (exact) mass is 269 g/mol. The quantitative estimate of drug-likeness (QED) is 0.487. The van der Waals surface area contributed by atoms with Crippen molar-refractivity contribution < 1.29 is 4.79 Å². The Labute approximate surface area is 113 Å². The van der Waals surface area contributed by atoms with Crippen LogP contribution >= 0.6 is 11.6 Å². The molecule has 0 saturated heterocycles. The lowest BCUT2D eigenvalue weighted by molar-refractivity contribution is -0.130. The van der Waals surface area contributed by atoms with Gasteiger partial charge in [-0.25, -0.2) is 5.84 Å². The fourth-order valence-corrected chi connectivity index (χ4v) is 2.11. The number of halogens is 1. The number of nitrogens with one attached hydrogen (secondary N) is 1. The van der Waals surface area contributed by atoms with Crippen molar-refractivity contribution in [1.82, 2.24) is 10.3 Å². The Bertz CT molecular complexity index is 420. The van der Waals surface area contributed by atoms with Gasteiger partial charge in [-0.2, -0.15) is 0 Å². The summed E-state index contributed by atoms with van der Waals surface area (Å²) in [5, 5.41) is 0.741. The second-order valence-corrected chi connectivity index (χ2v) is 5.53. The van der Waals surface area contributed by atoms with E-state index < -0.39 is 5.41 Å². The number of nitrogens with two attached hydrogens (primary N) is 1. The number of amides is 1. The van der Waals surface area contributed by atoms with E-state index in [9.17, 15) is 4.79 Å². The van der Waals surface area contributed by atoms with Crippen LogP contribution in [-0.4, -0.2) is 24.4 Å². The molecule has 0 aliphatic carbocycles. The normalized spacial score (nSPS) is 11.7. The van der Waals surface area contributed by atoms with Crippen molar-refractivity contribution in [3.05, 3.63) is 34.9 Å². The van der Waals surface area contributed by atoms with Crippen LogP contribution < -0.4 is 11.3 Å². The lowest BCUT2D eigenvalue weighted by Crippen LogP contribution is -2.46. The molecule has 0 aliphatic rings. The van der Waals surface area contributed by atoms with Crippen LogP contribution in [0.3, 0.4) is 0 Å². The highest BCUT2D eigenvalue weighted by Crippen LogP contribution is 2.20. The number of hydrogen-bond donors (Lipinski definition) is 2. The van der Waals surface area contributed by atoms with Gasteiger partial charge >= 0.3 is 0 Å². The lowest BCUT2D eigenvalue weighted by atomic mass is 9.92. The molecule has 0 aromatic heterocycles. The molecular weight excluding hydrogens is 250 g/mol. The molecule has 0 saturated carbocycles. The summed E-state index contributed by atoms with van der Waals surface area (Å²) in [4.78, 5) is 13.7. The minimum atomic E-state index is -0.537. The molecule has 0 atom stereocenters. The molecule has 0 spiro atoms. The second kappa shape index (κ2) is 6.18. The number of benzene rings is 1. The third kappa shape index (κ3) is 3.98. The van der Waals surface area contributed by atoms with E-state index in [0.29, 0.717) is 13.1 Å². The molecule has 4 nitrogen and oxygen atoms in total. The minimum absolute atomic E-state index is 0.173. The molecule has 0 bridgehead atoms. The van der Waals surface area contributed by atoms with Crippen LogP contribution in [0, 0.1) is 5.41 Å². The van der Waals surface area contributed by atoms with Crippen molar-refractivity contribution in [2.24, 2.45) is 11.3 Å². The number of carbonyl (C=O) groups is 1. The summed E-state index contributed by atoms with van der Waals surface area (Å²) in [6.07, 6.45) is 0. The van der Waals surface area contributed by atoms with E-state index in [1.165, 1.54) is 0 Å². The molecule has 1 aromatic carbocycles. The summed E-state index contributed by atoms with van der Waals surface area (Å²) in [7, 11) is 1.95. The van der Waals surface area contributed by atoms with Gasteiger partial charge in [0.05, 0.1) is 5.41 Å². The van der Waals surface area contributed by atoms with Gasteiger partial charge in [0.2, 0.25) is 5.91 Å². The molecule has 0 heterocycles. The number of rotatable bonds is 5. The van der Waals surface area contributed by atoms with Crippen molar-refractivity contribution in [3.63, 3.8) is 0 Å². The molecule has 18 heavy (non-hydrogen) atoms. The predicted molar refractivity (Wildman–Crippen MR) is 73.9 cm³/mol. The zero-order valence-electron chi connectivity index (χ0n) is 11.0. The topological polar surface area (TPSA) is 58.4 Å². The van der Waals surface area contributed by atoms with Crippen LogP contribution in [0.4, 0.5) is 0 Å². The molecule has 0 aliphatic heterocycles. The maximum absolute atomic E-state index is 11.6. The highest BCUT2D eigenvalue weighted by molar-refractivity contribution is 6.31. The maximum atomic E-state index is 11.6. The van der Waals surface area contributed by atoms with Crippen molar-refractivity contribution in [2.75, 3.05) is 13.6 Å². The van der Waals surface area contributed by atoms with Gasteiger partial charge in [0.1, 0.15) is 0 Å². The minimum Gasteiger partial charge on any atom is -0.301 e. The maximum Gasteiger partial charge on any atom is 0.240 e. The predicted octanol–water partition coefficient (Wildman–Crippen LogP) is 1.79. The summed E-state index contributed by atoms with van der Waals surface area (Å²) < 4.78 is 0. The highest BCUT2D eigenvalue weighted by Gasteiger charge is 2.28. The number of nitrogens with zero attached hydrogens (tertiary/aromatic N) is 1. The number of carbonyl (C=O) groups excluding carboxylic acids is 1. The Morgan fingerprint density at radius 2 is 2.06 bits per heavy atom. The fraction of sp³-hybridized carbons (Fsp3) is 0.462. The lowest BCUT2D eigenvalue weighted by Gasteiger charge is -2.28. The van der Waals surface area contributed by atoms with E-state index in [1.54, 1.807) is 0 Å². The van der Waals surface area contributed by atoms with E-state index in [4.69, 9.17) is 17.4 Å². The Hall–Kier alpha value is -1.10. The van der Waals surface area contributed by atoms with Crippen LogP contribution in [0.1, 0.15) is 19.4 Å². The van der Waals surface area contributed by atoms with Gasteiger partial charge in [-0.15, -0.1) is 0 Å². The largest absolute Gasteiger partial charge is 0.301 e. The molecule has 5 heteroatoms. The van der Waals surface area contributed by atoms with Crippen LogP contribution in [0.25, 0.3) is 0 Å². The van der Waals surface area contributed by atoms with Crippen LogP contribution in [-0.2, 0) is 11.3 Å². The zero-order chi connectivity index (χ0) is 13.8. The average molecular weight is 270 g/mol. The SMILES string of the molecule is CN(Cc1ccccc1Cl)CC(C)(C)C(=O)NN. The molecule has 0 radical (unpaired) electrons. The van der Waals surface area contributed by atoms with E-state index in [-0.39, 0.29) is 5.91 Å². The van der Waals surface area contributed by atoms with Gasteiger partial charge in [-0.05, 0) is 32.5 Å². The van der Waals surface area contributed by atoms with Gasteiger partial charge in [0, 0.05) is 18.1 Å². The third-order valence-corrected chi connectivity index (χ3v) is 3.18. The number of hydrogen-bond acceptors (Lipinski definition) is 3. The molecule has 1 aromatic rings. The van der Waals surface area contributed by atoms with Crippen molar-refractivity contribution in [3.8, 4) is 0 Å². The summed E-state index contributed by atoms with van der Waals surface area (Å²) in [5.74, 6) is 5.00. The molecule has 1 amide bonds. The molecule has 0 unspecified atom stereocenters. The smallest absolute Gasteiger partial charge is 0.240 e. The fourth-order valence-electron chi connectivity index (χ4n) is 1.92. The molecule has 0 fully saturated rings. The highest BCUT2D eigenvalue weighted by atomic mass is 35.5. The molecular formula is C13H20ClN3O. The summed E-state index contributed by atoms with van der Waals surface area (Å²) in [6.45, 7) is 5.01. The van der Waals surface area contributed by atoms with Gasteiger partial charge < -0.3 is 4.90 Å². The molecule has 100 valence electrons.